The molecule has 33 heavy (non-hydrogen) atoms. The van der Waals surface area contributed by atoms with Crippen LogP contribution in [-0.2, 0) is 14.4 Å². The van der Waals surface area contributed by atoms with Gasteiger partial charge >= 0.3 is 0 Å². The fraction of sp³-hybridized carbons (Fsp3) is 0.208. The van der Waals surface area contributed by atoms with Gasteiger partial charge in [-0.1, -0.05) is 60.5 Å². The second-order valence-corrected chi connectivity index (χ2v) is 8.46. The minimum absolute atomic E-state index is 0.0457. The number of hydrazone groups is 1. The molecule has 1 atom stereocenters. The fourth-order valence-corrected chi connectivity index (χ4v) is 4.08. The highest BCUT2D eigenvalue weighted by Crippen LogP contribution is 2.38. The molecule has 0 fully saturated rings. The third kappa shape index (κ3) is 4.74. The highest BCUT2D eigenvalue weighted by molar-refractivity contribution is 6.44. The number of Topliss-reactive ketones (excluding diaryl/α,β-unsaturated/α-hetero) is 2. The zero-order valence-electron chi connectivity index (χ0n) is 17.8. The van der Waals surface area contributed by atoms with Crippen molar-refractivity contribution < 1.29 is 19.1 Å². The lowest BCUT2D eigenvalue weighted by atomic mass is 9.89. The molecule has 7 nitrogen and oxygen atoms in total. The fourth-order valence-electron chi connectivity index (χ4n) is 3.52. The molecule has 2 aromatic rings. The molecule has 2 heterocycles. The molecular formula is C24H19Cl2N3O4. The maximum absolute atomic E-state index is 12.5. The third-order valence-electron chi connectivity index (χ3n) is 5.38. The van der Waals surface area contributed by atoms with E-state index < -0.39 is 5.91 Å². The Morgan fingerprint density at radius 1 is 1.03 bits per heavy atom. The molecule has 9 heteroatoms. The average Bonchev–Trinajstić information content (AvgIpc) is 2.79. The van der Waals surface area contributed by atoms with Crippen LogP contribution in [0.4, 0.5) is 5.69 Å². The Balaban J connectivity index is 1.60. The number of amides is 1. The first kappa shape index (κ1) is 22.9. The predicted molar refractivity (Wildman–Crippen MR) is 128 cm³/mol. The highest BCUT2D eigenvalue weighted by Gasteiger charge is 2.28. The molecule has 0 radical (unpaired) electrons. The van der Waals surface area contributed by atoms with E-state index in [1.807, 2.05) is 37.3 Å². The van der Waals surface area contributed by atoms with Crippen LogP contribution >= 0.6 is 23.2 Å². The molecule has 0 aliphatic carbocycles. The molecule has 1 unspecified atom stereocenters. The Morgan fingerprint density at radius 3 is 2.36 bits per heavy atom. The Bertz CT molecular complexity index is 1230. The molecule has 2 aliphatic heterocycles. The summed E-state index contributed by atoms with van der Waals surface area (Å²) < 4.78 is 5.85. The van der Waals surface area contributed by atoms with Gasteiger partial charge in [0.15, 0.2) is 17.3 Å². The maximum Gasteiger partial charge on any atom is 0.255 e. The molecule has 4 rings (SSSR count). The molecule has 2 aromatic carbocycles. The number of nitrogens with zero attached hydrogens (tertiary/aromatic N) is 3. The average molecular weight is 484 g/mol. The van der Waals surface area contributed by atoms with Crippen LogP contribution in [0.15, 0.2) is 64.2 Å². The number of hydrogen-bond donors (Lipinski definition) is 0. The molecule has 0 saturated heterocycles. The van der Waals surface area contributed by atoms with Gasteiger partial charge in [0.25, 0.3) is 5.91 Å². The lowest BCUT2D eigenvalue weighted by Gasteiger charge is -2.23. The first-order chi connectivity index (χ1) is 15.7. The van der Waals surface area contributed by atoms with Crippen LogP contribution in [0.5, 0.6) is 5.75 Å². The van der Waals surface area contributed by atoms with E-state index in [4.69, 9.17) is 27.9 Å². The van der Waals surface area contributed by atoms with Crippen LogP contribution in [0.1, 0.15) is 31.7 Å². The van der Waals surface area contributed by atoms with Gasteiger partial charge in [-0.2, -0.15) is 10.1 Å². The summed E-state index contributed by atoms with van der Waals surface area (Å²) in [4.78, 5) is 40.6. The Labute approximate surface area is 200 Å². The van der Waals surface area contributed by atoms with Crippen molar-refractivity contribution in [3.63, 3.8) is 0 Å². The van der Waals surface area contributed by atoms with Gasteiger partial charge in [-0.05, 0) is 24.6 Å². The number of hydrogen-bond acceptors (Lipinski definition) is 6. The molecule has 168 valence electrons. The van der Waals surface area contributed by atoms with E-state index >= 15 is 0 Å². The summed E-state index contributed by atoms with van der Waals surface area (Å²) >= 11 is 12.8. The summed E-state index contributed by atoms with van der Waals surface area (Å²) in [6.07, 6.45) is 1.32. The molecule has 0 saturated carbocycles. The van der Waals surface area contributed by atoms with Crippen molar-refractivity contribution in [2.75, 3.05) is 11.6 Å². The van der Waals surface area contributed by atoms with Gasteiger partial charge in [0, 0.05) is 17.6 Å². The number of benzene rings is 2. The summed E-state index contributed by atoms with van der Waals surface area (Å²) in [5, 5.41) is 5.37. The smallest absolute Gasteiger partial charge is 0.255 e. The van der Waals surface area contributed by atoms with Crippen LogP contribution in [-0.4, -0.2) is 35.6 Å². The SMILES string of the molecule is CC1=NN(c2cc(Cl)c(OC3=NCC(=O)C(C(C)c4ccccc4)=C3)c(Cl)c2)C(=O)CC1=O. The maximum atomic E-state index is 12.5. The lowest BCUT2D eigenvalue weighted by Crippen LogP contribution is -2.36. The molecule has 0 bridgehead atoms. The molecule has 2 aliphatic rings. The summed E-state index contributed by atoms with van der Waals surface area (Å²) in [6.45, 7) is 3.43. The molecule has 1 amide bonds. The number of carbonyl (C=O) groups is 3. The van der Waals surface area contributed by atoms with Crippen LogP contribution < -0.4 is 9.75 Å². The quantitative estimate of drug-likeness (QED) is 0.586. The molecule has 0 spiro atoms. The van der Waals surface area contributed by atoms with E-state index in [2.05, 4.69) is 10.1 Å². The van der Waals surface area contributed by atoms with Crippen LogP contribution in [0, 0.1) is 0 Å². The number of ketones is 2. The van der Waals surface area contributed by atoms with Gasteiger partial charge < -0.3 is 4.74 Å². The summed E-state index contributed by atoms with van der Waals surface area (Å²) in [5.41, 5.74) is 2.10. The van der Waals surface area contributed by atoms with E-state index in [1.54, 1.807) is 6.08 Å². The number of carbonyl (C=O) groups excluding carboxylic acids is 3. The van der Waals surface area contributed by atoms with E-state index in [-0.39, 0.29) is 57.9 Å². The number of halogens is 2. The zero-order chi connectivity index (χ0) is 23.7. The van der Waals surface area contributed by atoms with E-state index in [0.717, 1.165) is 10.6 Å². The first-order valence-electron chi connectivity index (χ1n) is 10.2. The monoisotopic (exact) mass is 483 g/mol. The van der Waals surface area contributed by atoms with Crippen molar-refractivity contribution in [3.8, 4) is 5.75 Å². The van der Waals surface area contributed by atoms with E-state index in [9.17, 15) is 14.4 Å². The van der Waals surface area contributed by atoms with Crippen molar-refractivity contribution in [2.24, 2.45) is 10.1 Å². The van der Waals surface area contributed by atoms with E-state index in [0.29, 0.717) is 11.3 Å². The van der Waals surface area contributed by atoms with E-state index in [1.165, 1.54) is 19.1 Å². The van der Waals surface area contributed by atoms with Crippen molar-refractivity contribution in [3.05, 3.63) is 69.7 Å². The Kier molecular flexibility index (Phi) is 6.44. The standard InChI is InChI=1S/C24H19Cl2N3O4/c1-13(15-6-4-3-5-7-15)17-10-22(27-12-21(17)31)33-24-18(25)8-16(9-19(24)26)29-23(32)11-20(30)14(2)28-29/h3-10,13H,11-12H2,1-2H3. The van der Waals surface area contributed by atoms with Crippen LogP contribution in [0.3, 0.4) is 0 Å². The minimum atomic E-state index is -0.482. The number of rotatable bonds is 4. The van der Waals surface area contributed by atoms with Gasteiger partial charge in [0.1, 0.15) is 12.3 Å². The summed E-state index contributed by atoms with van der Waals surface area (Å²) in [5.74, 6) is -0.695. The second kappa shape index (κ2) is 9.29. The normalized spacial score (nSPS) is 17.4. The van der Waals surface area contributed by atoms with Crippen molar-refractivity contribution >= 4 is 58.0 Å². The van der Waals surface area contributed by atoms with Crippen LogP contribution in [0.25, 0.3) is 0 Å². The lowest BCUT2D eigenvalue weighted by molar-refractivity contribution is -0.124. The zero-order valence-corrected chi connectivity index (χ0v) is 19.4. The summed E-state index contributed by atoms with van der Waals surface area (Å²) in [6, 6.07) is 12.6. The number of anilines is 1. The van der Waals surface area contributed by atoms with Crippen molar-refractivity contribution in [1.82, 2.24) is 0 Å². The van der Waals surface area contributed by atoms with Crippen molar-refractivity contribution in [1.29, 1.82) is 0 Å². The highest BCUT2D eigenvalue weighted by atomic mass is 35.5. The number of dihydropyridines is 1. The Hall–Kier alpha value is -3.29. The predicted octanol–water partition coefficient (Wildman–Crippen LogP) is 4.77. The second-order valence-electron chi connectivity index (χ2n) is 7.64. The van der Waals surface area contributed by atoms with Gasteiger partial charge in [-0.3, -0.25) is 14.4 Å². The van der Waals surface area contributed by atoms with Crippen LogP contribution in [0.2, 0.25) is 10.0 Å². The van der Waals surface area contributed by atoms with Gasteiger partial charge in [-0.15, -0.1) is 0 Å². The topological polar surface area (TPSA) is 88.4 Å². The number of aliphatic imine (C=N–C) groups is 1. The largest absolute Gasteiger partial charge is 0.436 e. The molecule has 0 aromatic heterocycles. The molecule has 0 N–H and O–H groups in total. The van der Waals surface area contributed by atoms with Crippen molar-refractivity contribution in [2.45, 2.75) is 26.2 Å². The summed E-state index contributed by atoms with van der Waals surface area (Å²) in [7, 11) is 0. The number of ether oxygens (including phenoxy) is 1. The first-order valence-corrected chi connectivity index (χ1v) is 10.9. The Morgan fingerprint density at radius 2 is 1.70 bits per heavy atom. The van der Waals surface area contributed by atoms with Gasteiger partial charge in [0.2, 0.25) is 5.90 Å². The third-order valence-corrected chi connectivity index (χ3v) is 5.94. The van der Waals surface area contributed by atoms with Gasteiger partial charge in [0.05, 0.1) is 22.2 Å². The minimum Gasteiger partial charge on any atom is -0.436 e. The molecular weight excluding hydrogens is 465 g/mol. The van der Waals surface area contributed by atoms with Gasteiger partial charge in [-0.25, -0.2) is 4.99 Å².